The minimum absolute atomic E-state index is 0.185. The molecule has 0 atom stereocenters. The maximum Gasteiger partial charge on any atom is 0.334 e. The molecule has 5 aromatic rings. The lowest BCUT2D eigenvalue weighted by Gasteiger charge is -2.14. The van der Waals surface area contributed by atoms with Crippen LogP contribution in [0, 0.1) is 0 Å². The molecule has 7 nitrogen and oxygen atoms in total. The Balaban J connectivity index is 1.87. The molecule has 0 aliphatic carbocycles. The van der Waals surface area contributed by atoms with Crippen LogP contribution in [0.1, 0.15) is 0 Å². The van der Waals surface area contributed by atoms with Crippen LogP contribution in [0.2, 0.25) is 5.02 Å². The van der Waals surface area contributed by atoms with E-state index >= 15 is 0 Å². The zero-order valence-electron chi connectivity index (χ0n) is 18.9. The van der Waals surface area contributed by atoms with Crippen molar-refractivity contribution in [2.75, 3.05) is 14.2 Å². The summed E-state index contributed by atoms with van der Waals surface area (Å²) in [7, 11) is 3.10. The largest absolute Gasteiger partial charge is 0.493 e. The highest BCUT2D eigenvalue weighted by Crippen LogP contribution is 2.35. The molecule has 0 radical (unpaired) electrons. The Hall–Kier alpha value is -4.36. The summed E-state index contributed by atoms with van der Waals surface area (Å²) in [5, 5.41) is 0.868. The van der Waals surface area contributed by atoms with Crippen LogP contribution in [0.15, 0.2) is 88.5 Å². The molecule has 0 saturated carbocycles. The number of aromatic nitrogens is 3. The highest BCUT2D eigenvalue weighted by Gasteiger charge is 2.18. The van der Waals surface area contributed by atoms with E-state index in [1.54, 1.807) is 62.8 Å². The Bertz CT molecular complexity index is 1660. The van der Waals surface area contributed by atoms with E-state index in [0.717, 1.165) is 10.1 Å². The topological polar surface area (TPSA) is 86.2 Å². The van der Waals surface area contributed by atoms with Gasteiger partial charge in [0.2, 0.25) is 0 Å². The number of hydrogen-bond acceptors (Lipinski definition) is 5. The van der Waals surface area contributed by atoms with Crippen LogP contribution in [0.5, 0.6) is 11.5 Å². The normalized spacial score (nSPS) is 10.9. The number of aromatic amines is 1. The van der Waals surface area contributed by atoms with Gasteiger partial charge in [-0.2, -0.15) is 0 Å². The zero-order chi connectivity index (χ0) is 24.5. The van der Waals surface area contributed by atoms with Crippen molar-refractivity contribution >= 4 is 22.6 Å². The third-order valence-electron chi connectivity index (χ3n) is 5.71. The lowest BCUT2D eigenvalue weighted by Crippen LogP contribution is -2.34. The lowest BCUT2D eigenvalue weighted by atomic mass is 9.99. The molecular weight excluding hydrogens is 466 g/mol. The van der Waals surface area contributed by atoms with Crippen molar-refractivity contribution in [1.29, 1.82) is 0 Å². The molecule has 8 heteroatoms. The Kier molecular flexibility index (Phi) is 5.84. The summed E-state index contributed by atoms with van der Waals surface area (Å²) in [4.78, 5) is 34.2. The van der Waals surface area contributed by atoms with Crippen LogP contribution in [0.4, 0.5) is 0 Å². The predicted octanol–water partition coefficient (Wildman–Crippen LogP) is 5.08. The second-order valence-electron chi connectivity index (χ2n) is 7.76. The van der Waals surface area contributed by atoms with Gasteiger partial charge in [-0.25, -0.2) is 14.3 Å². The van der Waals surface area contributed by atoms with Crippen molar-refractivity contribution in [3.8, 4) is 39.6 Å². The van der Waals surface area contributed by atoms with Gasteiger partial charge in [-0.1, -0.05) is 48.0 Å². The number of halogens is 1. The number of H-pyrrole nitrogens is 1. The molecule has 0 saturated heterocycles. The second kappa shape index (κ2) is 9.12. The third-order valence-corrected chi connectivity index (χ3v) is 5.97. The molecule has 0 spiro atoms. The fraction of sp³-hybridized carbons (Fsp3) is 0.0741. The van der Waals surface area contributed by atoms with E-state index in [9.17, 15) is 9.59 Å². The van der Waals surface area contributed by atoms with Crippen LogP contribution in [0.25, 0.3) is 39.1 Å². The zero-order valence-corrected chi connectivity index (χ0v) is 19.7. The van der Waals surface area contributed by atoms with E-state index in [0.29, 0.717) is 39.0 Å². The standard InChI is InChI=1S/C27H20ClN3O4/c1-34-22-13-10-17(14-23(22)35-2)20-15-21(16-8-11-18(28)12-9-16)29-25-24(20)26(32)31(27(33)30-25)19-6-4-3-5-7-19/h3-15H,1-2H3,(H,29,30,33). The molecule has 0 unspecified atom stereocenters. The summed E-state index contributed by atoms with van der Waals surface area (Å²) in [6.07, 6.45) is 0. The number of methoxy groups -OCH3 is 2. The average molecular weight is 486 g/mol. The van der Waals surface area contributed by atoms with Crippen LogP contribution >= 0.6 is 11.6 Å². The number of benzene rings is 3. The number of hydrogen-bond donors (Lipinski definition) is 1. The van der Waals surface area contributed by atoms with Gasteiger partial charge < -0.3 is 9.47 Å². The molecule has 35 heavy (non-hydrogen) atoms. The van der Waals surface area contributed by atoms with Crippen molar-refractivity contribution in [2.24, 2.45) is 0 Å². The first-order chi connectivity index (χ1) is 17.0. The Morgan fingerprint density at radius 3 is 2.20 bits per heavy atom. The molecule has 0 amide bonds. The smallest absolute Gasteiger partial charge is 0.334 e. The van der Waals surface area contributed by atoms with E-state index in [4.69, 9.17) is 21.1 Å². The van der Waals surface area contributed by atoms with E-state index in [1.165, 1.54) is 0 Å². The minimum Gasteiger partial charge on any atom is -0.493 e. The summed E-state index contributed by atoms with van der Waals surface area (Å²) >= 11 is 6.06. The van der Waals surface area contributed by atoms with Crippen molar-refractivity contribution in [1.82, 2.24) is 14.5 Å². The number of nitrogens with one attached hydrogen (secondary N) is 1. The number of ether oxygens (including phenoxy) is 2. The minimum atomic E-state index is -0.576. The van der Waals surface area contributed by atoms with Crippen molar-refractivity contribution in [3.05, 3.63) is 105 Å². The van der Waals surface area contributed by atoms with Crippen LogP contribution in [-0.2, 0) is 0 Å². The molecule has 0 aliphatic heterocycles. The average Bonchev–Trinajstić information content (AvgIpc) is 2.88. The number of fused-ring (bicyclic) bond motifs is 1. The molecule has 0 fully saturated rings. The molecule has 174 valence electrons. The van der Waals surface area contributed by atoms with Crippen molar-refractivity contribution in [3.63, 3.8) is 0 Å². The number of pyridine rings is 1. The summed E-state index contributed by atoms with van der Waals surface area (Å²) in [6, 6.07) is 23.1. The van der Waals surface area contributed by atoms with Gasteiger partial charge >= 0.3 is 5.69 Å². The molecule has 2 aromatic heterocycles. The predicted molar refractivity (Wildman–Crippen MR) is 137 cm³/mol. The fourth-order valence-corrected chi connectivity index (χ4v) is 4.15. The summed E-state index contributed by atoms with van der Waals surface area (Å²) in [5.41, 5.74) is 2.24. The van der Waals surface area contributed by atoms with Gasteiger partial charge in [0.1, 0.15) is 5.65 Å². The molecule has 2 heterocycles. The highest BCUT2D eigenvalue weighted by molar-refractivity contribution is 6.30. The first-order valence-electron chi connectivity index (χ1n) is 10.7. The Morgan fingerprint density at radius 1 is 0.829 bits per heavy atom. The van der Waals surface area contributed by atoms with Crippen LogP contribution in [0.3, 0.4) is 0 Å². The summed E-state index contributed by atoms with van der Waals surface area (Å²) in [6.45, 7) is 0. The SMILES string of the molecule is COc1ccc(-c2cc(-c3ccc(Cl)cc3)nc3[nH]c(=O)n(-c4ccccc4)c(=O)c23)cc1OC. The highest BCUT2D eigenvalue weighted by atomic mass is 35.5. The lowest BCUT2D eigenvalue weighted by molar-refractivity contribution is 0.355. The molecule has 0 aliphatic rings. The molecule has 1 N–H and O–H groups in total. The van der Waals surface area contributed by atoms with Gasteiger partial charge in [0.25, 0.3) is 5.56 Å². The maximum atomic E-state index is 13.7. The number of nitrogens with zero attached hydrogens (tertiary/aromatic N) is 2. The maximum absolute atomic E-state index is 13.7. The monoisotopic (exact) mass is 485 g/mol. The molecule has 3 aromatic carbocycles. The summed E-state index contributed by atoms with van der Waals surface area (Å²) < 4.78 is 12.0. The van der Waals surface area contributed by atoms with Gasteiger partial charge in [-0.05, 0) is 48.0 Å². The van der Waals surface area contributed by atoms with E-state index in [2.05, 4.69) is 9.97 Å². The molecule has 0 bridgehead atoms. The van der Waals surface area contributed by atoms with Crippen molar-refractivity contribution in [2.45, 2.75) is 0 Å². The van der Waals surface area contributed by atoms with E-state index in [1.807, 2.05) is 30.3 Å². The first-order valence-corrected chi connectivity index (χ1v) is 11.1. The molecule has 5 rings (SSSR count). The summed E-state index contributed by atoms with van der Waals surface area (Å²) in [5.74, 6) is 1.07. The van der Waals surface area contributed by atoms with Crippen molar-refractivity contribution < 1.29 is 9.47 Å². The second-order valence-corrected chi connectivity index (χ2v) is 8.20. The molecular formula is C27H20ClN3O4. The van der Waals surface area contributed by atoms with Gasteiger partial charge in [0.15, 0.2) is 11.5 Å². The van der Waals surface area contributed by atoms with E-state index in [-0.39, 0.29) is 11.0 Å². The number of para-hydroxylation sites is 1. The fourth-order valence-electron chi connectivity index (χ4n) is 4.02. The quantitative estimate of drug-likeness (QED) is 0.375. The van der Waals surface area contributed by atoms with Crippen LogP contribution in [-0.4, -0.2) is 28.8 Å². The Labute approximate surface area is 205 Å². The Morgan fingerprint density at radius 2 is 1.51 bits per heavy atom. The third kappa shape index (κ3) is 4.06. The van der Waals surface area contributed by atoms with Crippen LogP contribution < -0.4 is 20.7 Å². The van der Waals surface area contributed by atoms with Gasteiger partial charge in [-0.3, -0.25) is 9.78 Å². The first kappa shape index (κ1) is 22.4. The number of rotatable bonds is 5. The van der Waals surface area contributed by atoms with Gasteiger partial charge in [0.05, 0.1) is 31.0 Å². The van der Waals surface area contributed by atoms with E-state index < -0.39 is 11.2 Å². The van der Waals surface area contributed by atoms with Gasteiger partial charge in [0, 0.05) is 16.1 Å². The van der Waals surface area contributed by atoms with Gasteiger partial charge in [-0.15, -0.1) is 0 Å².